The van der Waals surface area contributed by atoms with Crippen molar-refractivity contribution in [2.45, 2.75) is 26.8 Å². The van der Waals surface area contributed by atoms with Crippen molar-refractivity contribution in [3.05, 3.63) is 60.2 Å². The first-order valence-electron chi connectivity index (χ1n) is 7.51. The molecule has 0 saturated heterocycles. The topological polar surface area (TPSA) is 20.3 Å². The predicted molar refractivity (Wildman–Crippen MR) is 87.8 cm³/mol. The summed E-state index contributed by atoms with van der Waals surface area (Å²) in [6, 6.07) is 18.6. The summed E-state index contributed by atoms with van der Waals surface area (Å²) in [5, 5.41) is 0. The molecular weight excluding hydrogens is 258 g/mol. The number of carbonyl (C=O) groups is 1. The van der Waals surface area contributed by atoms with Gasteiger partial charge in [-0.25, -0.2) is 0 Å². The van der Waals surface area contributed by atoms with Gasteiger partial charge in [0.1, 0.15) is 0 Å². The normalized spacial score (nSPS) is 12.0. The van der Waals surface area contributed by atoms with Crippen molar-refractivity contribution in [1.82, 2.24) is 4.90 Å². The van der Waals surface area contributed by atoms with Gasteiger partial charge in [-0.3, -0.25) is 4.79 Å². The Morgan fingerprint density at radius 2 is 1.67 bits per heavy atom. The van der Waals surface area contributed by atoms with Crippen molar-refractivity contribution < 1.29 is 4.79 Å². The Hall–Kier alpha value is -2.09. The van der Waals surface area contributed by atoms with E-state index in [1.807, 2.05) is 56.1 Å². The third kappa shape index (κ3) is 3.72. The lowest BCUT2D eigenvalue weighted by Crippen LogP contribution is -2.31. The molecule has 0 aliphatic rings. The van der Waals surface area contributed by atoms with Gasteiger partial charge in [0.2, 0.25) is 5.91 Å². The Balaban J connectivity index is 2.24. The van der Waals surface area contributed by atoms with Crippen LogP contribution >= 0.6 is 0 Å². The maximum atomic E-state index is 12.3. The van der Waals surface area contributed by atoms with Gasteiger partial charge in [-0.15, -0.1) is 0 Å². The van der Waals surface area contributed by atoms with Crippen LogP contribution in [0.25, 0.3) is 11.1 Å². The number of carbonyl (C=O) groups excluding carboxylic acids is 1. The van der Waals surface area contributed by atoms with Crippen LogP contribution in [0.5, 0.6) is 0 Å². The fourth-order valence-corrected chi connectivity index (χ4v) is 2.44. The lowest BCUT2D eigenvalue weighted by atomic mass is 9.99. The molecule has 0 aliphatic heterocycles. The number of benzene rings is 2. The molecule has 0 aromatic heterocycles. The summed E-state index contributed by atoms with van der Waals surface area (Å²) in [6.45, 7) is 4.69. The zero-order valence-electron chi connectivity index (χ0n) is 13.0. The smallest absolute Gasteiger partial charge is 0.225 e. The first kappa shape index (κ1) is 15.3. The van der Waals surface area contributed by atoms with E-state index in [1.54, 1.807) is 0 Å². The second-order valence-corrected chi connectivity index (χ2v) is 5.53. The van der Waals surface area contributed by atoms with Crippen LogP contribution in [-0.4, -0.2) is 17.9 Å². The number of hydrogen-bond donors (Lipinski definition) is 0. The van der Waals surface area contributed by atoms with Crippen LogP contribution in [0.1, 0.15) is 25.8 Å². The van der Waals surface area contributed by atoms with Crippen LogP contribution in [0.15, 0.2) is 54.6 Å². The summed E-state index contributed by atoms with van der Waals surface area (Å²) in [6.07, 6.45) is 0.878. The zero-order chi connectivity index (χ0) is 15.2. The molecule has 0 aliphatic carbocycles. The highest BCUT2D eigenvalue weighted by atomic mass is 16.2. The molecule has 0 heterocycles. The highest BCUT2D eigenvalue weighted by molar-refractivity contribution is 5.78. The maximum Gasteiger partial charge on any atom is 0.225 e. The molecule has 0 fully saturated rings. The van der Waals surface area contributed by atoms with Crippen LogP contribution in [0.3, 0.4) is 0 Å². The molecule has 1 atom stereocenters. The molecule has 2 aromatic carbocycles. The van der Waals surface area contributed by atoms with Crippen molar-refractivity contribution in [1.29, 1.82) is 0 Å². The quantitative estimate of drug-likeness (QED) is 0.797. The molecule has 21 heavy (non-hydrogen) atoms. The minimum Gasteiger partial charge on any atom is -0.341 e. The van der Waals surface area contributed by atoms with Gasteiger partial charge in [-0.2, -0.15) is 0 Å². The standard InChI is InChI=1S/C19H23NO/c1-4-15(2)19(21)20(3)14-17-12-8-9-13-18(17)16-10-6-5-7-11-16/h5-13,15H,4,14H2,1-3H3. The van der Waals surface area contributed by atoms with Gasteiger partial charge in [-0.05, 0) is 23.1 Å². The van der Waals surface area contributed by atoms with Gasteiger partial charge in [0.25, 0.3) is 0 Å². The lowest BCUT2D eigenvalue weighted by molar-refractivity contribution is -0.134. The largest absolute Gasteiger partial charge is 0.341 e. The molecular formula is C19H23NO. The van der Waals surface area contributed by atoms with Gasteiger partial charge in [0, 0.05) is 19.5 Å². The summed E-state index contributed by atoms with van der Waals surface area (Å²) in [5.41, 5.74) is 3.57. The molecule has 1 unspecified atom stereocenters. The van der Waals surface area contributed by atoms with Crippen LogP contribution in [0.4, 0.5) is 0 Å². The Bertz CT molecular complexity index is 592. The van der Waals surface area contributed by atoms with E-state index in [9.17, 15) is 4.79 Å². The molecule has 0 bridgehead atoms. The van der Waals surface area contributed by atoms with E-state index in [2.05, 4.69) is 24.3 Å². The average molecular weight is 281 g/mol. The first-order valence-corrected chi connectivity index (χ1v) is 7.51. The van der Waals surface area contributed by atoms with E-state index < -0.39 is 0 Å². The van der Waals surface area contributed by atoms with E-state index in [4.69, 9.17) is 0 Å². The Morgan fingerprint density at radius 3 is 2.33 bits per heavy atom. The monoisotopic (exact) mass is 281 g/mol. The molecule has 2 heteroatoms. The molecule has 2 nitrogen and oxygen atoms in total. The van der Waals surface area contributed by atoms with Gasteiger partial charge in [0.15, 0.2) is 0 Å². The lowest BCUT2D eigenvalue weighted by Gasteiger charge is -2.22. The van der Waals surface area contributed by atoms with Crippen LogP contribution in [0, 0.1) is 5.92 Å². The van der Waals surface area contributed by atoms with E-state index >= 15 is 0 Å². The fourth-order valence-electron chi connectivity index (χ4n) is 2.44. The van der Waals surface area contributed by atoms with Crippen LogP contribution < -0.4 is 0 Å². The SMILES string of the molecule is CCC(C)C(=O)N(C)Cc1ccccc1-c1ccccc1. The second-order valence-electron chi connectivity index (χ2n) is 5.53. The Morgan fingerprint density at radius 1 is 1.05 bits per heavy atom. The van der Waals surface area contributed by atoms with Crippen molar-refractivity contribution in [2.75, 3.05) is 7.05 Å². The summed E-state index contributed by atoms with van der Waals surface area (Å²) >= 11 is 0. The van der Waals surface area contributed by atoms with E-state index in [0.717, 1.165) is 6.42 Å². The van der Waals surface area contributed by atoms with Crippen molar-refractivity contribution in [2.24, 2.45) is 5.92 Å². The minimum absolute atomic E-state index is 0.0823. The van der Waals surface area contributed by atoms with Crippen LogP contribution in [0.2, 0.25) is 0 Å². The van der Waals surface area contributed by atoms with E-state index in [1.165, 1.54) is 16.7 Å². The number of hydrogen-bond acceptors (Lipinski definition) is 1. The summed E-state index contributed by atoms with van der Waals surface area (Å²) in [4.78, 5) is 14.1. The number of rotatable bonds is 5. The zero-order valence-corrected chi connectivity index (χ0v) is 13.0. The predicted octanol–water partition coefficient (Wildman–Crippen LogP) is 4.36. The molecule has 2 rings (SSSR count). The van der Waals surface area contributed by atoms with Crippen molar-refractivity contribution >= 4 is 5.91 Å². The van der Waals surface area contributed by atoms with Crippen molar-refractivity contribution in [3.63, 3.8) is 0 Å². The third-order valence-electron chi connectivity index (χ3n) is 3.92. The summed E-state index contributed by atoms with van der Waals surface area (Å²) in [7, 11) is 1.89. The average Bonchev–Trinajstić information content (AvgIpc) is 2.54. The first-order chi connectivity index (χ1) is 10.1. The van der Waals surface area contributed by atoms with Gasteiger partial charge < -0.3 is 4.90 Å². The molecule has 0 radical (unpaired) electrons. The number of amides is 1. The molecule has 110 valence electrons. The van der Waals surface area contributed by atoms with Crippen molar-refractivity contribution in [3.8, 4) is 11.1 Å². The Kier molecular flexibility index (Phi) is 5.15. The van der Waals surface area contributed by atoms with Crippen LogP contribution in [-0.2, 0) is 11.3 Å². The molecule has 0 spiro atoms. The minimum atomic E-state index is 0.0823. The van der Waals surface area contributed by atoms with Gasteiger partial charge in [-0.1, -0.05) is 68.4 Å². The molecule has 0 saturated carbocycles. The Labute approximate surface area is 127 Å². The summed E-state index contributed by atoms with van der Waals surface area (Å²) < 4.78 is 0. The third-order valence-corrected chi connectivity index (χ3v) is 3.92. The molecule has 1 amide bonds. The highest BCUT2D eigenvalue weighted by Crippen LogP contribution is 2.24. The summed E-state index contributed by atoms with van der Waals surface area (Å²) in [5.74, 6) is 0.291. The molecule has 0 N–H and O–H groups in total. The second kappa shape index (κ2) is 7.07. The highest BCUT2D eigenvalue weighted by Gasteiger charge is 2.16. The fraction of sp³-hybridized carbons (Fsp3) is 0.316. The molecule has 2 aromatic rings. The van der Waals surface area contributed by atoms with E-state index in [0.29, 0.717) is 6.54 Å². The number of nitrogens with zero attached hydrogens (tertiary/aromatic N) is 1. The maximum absolute atomic E-state index is 12.3. The van der Waals surface area contributed by atoms with Gasteiger partial charge >= 0.3 is 0 Å². The van der Waals surface area contributed by atoms with Gasteiger partial charge in [0.05, 0.1) is 0 Å². The van der Waals surface area contributed by atoms with E-state index in [-0.39, 0.29) is 11.8 Å².